The fraction of sp³-hybridized carbons (Fsp3) is 0.357. The first-order valence-corrected chi connectivity index (χ1v) is 6.39. The number of benzene rings is 1. The van der Waals surface area contributed by atoms with E-state index >= 15 is 0 Å². The van der Waals surface area contributed by atoms with E-state index in [2.05, 4.69) is 10.3 Å². The third kappa shape index (κ3) is 3.40. The molecule has 0 radical (unpaired) electrons. The van der Waals surface area contributed by atoms with Crippen LogP contribution in [-0.4, -0.2) is 27.6 Å². The van der Waals surface area contributed by atoms with E-state index in [1.54, 1.807) is 6.92 Å². The summed E-state index contributed by atoms with van der Waals surface area (Å²) in [5.74, 6) is -0.516. The Morgan fingerprint density at radius 3 is 2.80 bits per heavy atom. The van der Waals surface area contributed by atoms with E-state index < -0.39 is 12.6 Å². The Bertz CT molecular complexity index is 569. The van der Waals surface area contributed by atoms with Gasteiger partial charge < -0.3 is 4.74 Å². The third-order valence-electron chi connectivity index (χ3n) is 2.89. The molecule has 0 aliphatic rings. The van der Waals surface area contributed by atoms with Gasteiger partial charge in [0.05, 0.1) is 12.4 Å². The molecule has 6 heteroatoms. The van der Waals surface area contributed by atoms with Gasteiger partial charge in [0.2, 0.25) is 0 Å². The van der Waals surface area contributed by atoms with Gasteiger partial charge in [-0.3, -0.25) is 4.39 Å². The lowest BCUT2D eigenvalue weighted by Gasteiger charge is -2.04. The molecule has 106 valence electrons. The smallest absolute Gasteiger partial charge is 0.361 e. The predicted molar refractivity (Wildman–Crippen MR) is 70.9 cm³/mol. The minimum absolute atomic E-state index is 0.180. The van der Waals surface area contributed by atoms with Crippen molar-refractivity contribution in [3.8, 4) is 0 Å². The van der Waals surface area contributed by atoms with Crippen LogP contribution in [0.15, 0.2) is 30.3 Å². The second kappa shape index (κ2) is 6.79. The van der Waals surface area contributed by atoms with Crippen LogP contribution in [0.25, 0.3) is 0 Å². The Hall–Kier alpha value is -2.24. The minimum Gasteiger partial charge on any atom is -0.456 e. The Morgan fingerprint density at radius 2 is 2.10 bits per heavy atom. The first-order valence-electron chi connectivity index (χ1n) is 6.39. The summed E-state index contributed by atoms with van der Waals surface area (Å²) in [7, 11) is 0. The number of halogens is 1. The highest BCUT2D eigenvalue weighted by Crippen LogP contribution is 2.08. The average Bonchev–Trinajstić information content (AvgIpc) is 2.85. The lowest BCUT2D eigenvalue weighted by molar-refractivity contribution is 0.0464. The maximum atomic E-state index is 12.1. The fourth-order valence-corrected chi connectivity index (χ4v) is 1.76. The van der Waals surface area contributed by atoms with E-state index in [0.717, 1.165) is 5.56 Å². The molecule has 0 fully saturated rings. The second-order valence-corrected chi connectivity index (χ2v) is 4.35. The number of hydrogen-bond acceptors (Lipinski definition) is 4. The van der Waals surface area contributed by atoms with Gasteiger partial charge >= 0.3 is 5.97 Å². The van der Waals surface area contributed by atoms with Gasteiger partial charge in [-0.2, -0.15) is 0 Å². The number of carbonyl (C=O) groups is 1. The summed E-state index contributed by atoms with van der Waals surface area (Å²) in [6.07, 6.45) is 0.350. The Kier molecular flexibility index (Phi) is 4.81. The number of aromatic nitrogens is 3. The van der Waals surface area contributed by atoms with Gasteiger partial charge in [-0.05, 0) is 18.9 Å². The van der Waals surface area contributed by atoms with Crippen LogP contribution in [0.3, 0.4) is 0 Å². The Labute approximate surface area is 116 Å². The van der Waals surface area contributed by atoms with Crippen molar-refractivity contribution in [3.63, 3.8) is 0 Å². The molecule has 2 aromatic rings. The highest BCUT2D eigenvalue weighted by atomic mass is 19.1. The summed E-state index contributed by atoms with van der Waals surface area (Å²) >= 11 is 0. The molecule has 0 unspecified atom stereocenters. The number of ether oxygens (including phenoxy) is 1. The molecule has 1 aromatic heterocycles. The molecular formula is C14H16FN3O2. The average molecular weight is 277 g/mol. The Balaban J connectivity index is 1.97. The fourth-order valence-electron chi connectivity index (χ4n) is 1.76. The SMILES string of the molecule is Cc1c(C(=O)OCc2ccccc2)nnn1CCCF. The van der Waals surface area contributed by atoms with Crippen molar-refractivity contribution in [3.05, 3.63) is 47.3 Å². The highest BCUT2D eigenvalue weighted by molar-refractivity contribution is 5.88. The molecule has 0 amide bonds. The van der Waals surface area contributed by atoms with Crippen molar-refractivity contribution >= 4 is 5.97 Å². The number of rotatable bonds is 6. The summed E-state index contributed by atoms with van der Waals surface area (Å²) < 4.78 is 18.8. The van der Waals surface area contributed by atoms with Crippen LogP contribution in [-0.2, 0) is 17.9 Å². The second-order valence-electron chi connectivity index (χ2n) is 4.35. The molecule has 0 atom stereocenters. The molecule has 1 aromatic carbocycles. The molecule has 2 rings (SSSR count). The molecule has 5 nitrogen and oxygen atoms in total. The van der Waals surface area contributed by atoms with Crippen molar-refractivity contribution < 1.29 is 13.9 Å². The zero-order valence-corrected chi connectivity index (χ0v) is 11.3. The number of nitrogens with zero attached hydrogens (tertiary/aromatic N) is 3. The van der Waals surface area contributed by atoms with Gasteiger partial charge in [0.1, 0.15) is 6.61 Å². The van der Waals surface area contributed by atoms with Crippen LogP contribution in [0.1, 0.15) is 28.2 Å². The molecule has 0 bridgehead atoms. The van der Waals surface area contributed by atoms with E-state index in [0.29, 0.717) is 18.7 Å². The topological polar surface area (TPSA) is 57.0 Å². The molecule has 0 N–H and O–H groups in total. The summed E-state index contributed by atoms with van der Waals surface area (Å²) in [6.45, 7) is 1.89. The number of hydrogen-bond donors (Lipinski definition) is 0. The lowest BCUT2D eigenvalue weighted by Crippen LogP contribution is -2.09. The van der Waals surface area contributed by atoms with Crippen LogP contribution in [0.2, 0.25) is 0 Å². The first kappa shape index (κ1) is 14.2. The predicted octanol–water partition coefficient (Wildman–Crippen LogP) is 2.30. The molecule has 20 heavy (non-hydrogen) atoms. The van der Waals surface area contributed by atoms with Gasteiger partial charge in [-0.15, -0.1) is 5.10 Å². The number of esters is 1. The van der Waals surface area contributed by atoms with Gasteiger partial charge in [-0.1, -0.05) is 35.5 Å². The molecule has 0 aliphatic heterocycles. The van der Waals surface area contributed by atoms with Crippen LogP contribution in [0.4, 0.5) is 4.39 Å². The summed E-state index contributed by atoms with van der Waals surface area (Å²) in [5, 5.41) is 7.63. The van der Waals surface area contributed by atoms with Crippen LogP contribution >= 0.6 is 0 Å². The van der Waals surface area contributed by atoms with Crippen molar-refractivity contribution in [1.29, 1.82) is 0 Å². The summed E-state index contributed by atoms with van der Waals surface area (Å²) in [4.78, 5) is 11.9. The molecule has 0 saturated carbocycles. The third-order valence-corrected chi connectivity index (χ3v) is 2.89. The Morgan fingerprint density at radius 1 is 1.35 bits per heavy atom. The maximum Gasteiger partial charge on any atom is 0.361 e. The van der Waals surface area contributed by atoms with E-state index in [9.17, 15) is 9.18 Å². The van der Waals surface area contributed by atoms with E-state index in [-0.39, 0.29) is 12.3 Å². The normalized spacial score (nSPS) is 10.5. The van der Waals surface area contributed by atoms with E-state index in [4.69, 9.17) is 4.74 Å². The van der Waals surface area contributed by atoms with Gasteiger partial charge in [0, 0.05) is 6.54 Å². The van der Waals surface area contributed by atoms with E-state index in [1.165, 1.54) is 4.68 Å². The minimum atomic E-state index is -0.516. The highest BCUT2D eigenvalue weighted by Gasteiger charge is 2.17. The number of alkyl halides is 1. The van der Waals surface area contributed by atoms with Gasteiger partial charge in [0.15, 0.2) is 5.69 Å². The number of aryl methyl sites for hydroxylation is 1. The summed E-state index contributed by atoms with van der Waals surface area (Å²) in [5.41, 5.74) is 1.68. The van der Waals surface area contributed by atoms with Crippen molar-refractivity contribution in [2.45, 2.75) is 26.5 Å². The molecule has 0 aliphatic carbocycles. The molecule has 0 saturated heterocycles. The van der Waals surface area contributed by atoms with Gasteiger partial charge in [0.25, 0.3) is 0 Å². The van der Waals surface area contributed by atoms with Crippen molar-refractivity contribution in [2.75, 3.05) is 6.67 Å². The standard InChI is InChI=1S/C14H16FN3O2/c1-11-13(16-17-18(11)9-5-8-15)14(19)20-10-12-6-3-2-4-7-12/h2-4,6-7H,5,8-10H2,1H3. The first-order chi connectivity index (χ1) is 9.72. The maximum absolute atomic E-state index is 12.1. The van der Waals surface area contributed by atoms with Crippen LogP contribution in [0.5, 0.6) is 0 Å². The zero-order valence-electron chi connectivity index (χ0n) is 11.3. The van der Waals surface area contributed by atoms with Crippen molar-refractivity contribution in [1.82, 2.24) is 15.0 Å². The summed E-state index contributed by atoms with van der Waals surface area (Å²) in [6, 6.07) is 9.39. The lowest BCUT2D eigenvalue weighted by atomic mass is 10.2. The van der Waals surface area contributed by atoms with Gasteiger partial charge in [-0.25, -0.2) is 9.48 Å². The monoisotopic (exact) mass is 277 g/mol. The molecular weight excluding hydrogens is 261 g/mol. The van der Waals surface area contributed by atoms with E-state index in [1.807, 2.05) is 30.3 Å². The zero-order chi connectivity index (χ0) is 14.4. The largest absolute Gasteiger partial charge is 0.456 e. The molecule has 0 spiro atoms. The molecule has 1 heterocycles. The van der Waals surface area contributed by atoms with Crippen LogP contribution < -0.4 is 0 Å². The number of carbonyl (C=O) groups excluding carboxylic acids is 1. The van der Waals surface area contributed by atoms with Crippen LogP contribution in [0, 0.1) is 6.92 Å². The van der Waals surface area contributed by atoms with Crippen molar-refractivity contribution in [2.24, 2.45) is 0 Å². The quantitative estimate of drug-likeness (QED) is 0.760.